The van der Waals surface area contributed by atoms with Crippen LogP contribution < -0.4 is 10.2 Å². The van der Waals surface area contributed by atoms with Crippen molar-refractivity contribution in [2.75, 3.05) is 6.61 Å². The molecule has 0 heterocycles. The molecule has 0 aromatic heterocycles. The van der Waals surface area contributed by atoms with Gasteiger partial charge in [0.1, 0.15) is 5.75 Å². The Morgan fingerprint density at radius 2 is 1.71 bits per heavy atom. The van der Waals surface area contributed by atoms with Crippen molar-refractivity contribution < 1.29 is 9.53 Å². The van der Waals surface area contributed by atoms with E-state index in [2.05, 4.69) is 43.4 Å². The second kappa shape index (κ2) is 9.58. The predicted octanol–water partition coefficient (Wildman–Crippen LogP) is 5.61. The molecule has 1 aromatic carbocycles. The minimum Gasteiger partial charge on any atom is -0.484 e. The lowest BCUT2D eigenvalue weighted by molar-refractivity contribution is -0.123. The molecule has 154 valence electrons. The molecular formula is C24H36N2O2. The van der Waals surface area contributed by atoms with Crippen LogP contribution in [0.15, 0.2) is 29.4 Å². The van der Waals surface area contributed by atoms with Crippen molar-refractivity contribution >= 4 is 11.6 Å². The molecule has 2 fully saturated rings. The second-order valence-electron chi connectivity index (χ2n) is 9.45. The number of hydrogen-bond donors (Lipinski definition) is 1. The van der Waals surface area contributed by atoms with Crippen LogP contribution in [0.1, 0.15) is 84.1 Å². The lowest BCUT2D eigenvalue weighted by atomic mass is 9.72. The minimum absolute atomic E-state index is 0.000258. The molecule has 1 aromatic rings. The molecule has 0 radical (unpaired) electrons. The van der Waals surface area contributed by atoms with E-state index in [0.717, 1.165) is 12.3 Å². The molecule has 2 aliphatic carbocycles. The van der Waals surface area contributed by atoms with Gasteiger partial charge in [0.25, 0.3) is 5.91 Å². The van der Waals surface area contributed by atoms with Gasteiger partial charge in [0.2, 0.25) is 0 Å². The summed E-state index contributed by atoms with van der Waals surface area (Å²) in [5, 5.41) is 4.54. The van der Waals surface area contributed by atoms with E-state index in [0.29, 0.717) is 11.7 Å². The maximum atomic E-state index is 12.2. The van der Waals surface area contributed by atoms with Gasteiger partial charge in [-0.1, -0.05) is 58.6 Å². The van der Waals surface area contributed by atoms with Crippen LogP contribution in [-0.2, 0) is 10.2 Å². The summed E-state index contributed by atoms with van der Waals surface area (Å²) in [5.41, 5.74) is 5.32. The van der Waals surface area contributed by atoms with Crippen molar-refractivity contribution in [2.24, 2.45) is 16.9 Å². The topological polar surface area (TPSA) is 50.7 Å². The SMILES string of the molecule is CC(C)(C)c1ccc(OCC(=O)NN=C2CCCCC2C2CCCCC2)cc1. The molecule has 0 bridgehead atoms. The fourth-order valence-electron chi connectivity index (χ4n) is 4.57. The summed E-state index contributed by atoms with van der Waals surface area (Å²) in [6.07, 6.45) is 11.5. The van der Waals surface area contributed by atoms with Crippen LogP contribution in [0.25, 0.3) is 0 Å². The molecule has 1 N–H and O–H groups in total. The standard InChI is InChI=1S/C24H36N2O2/c1-24(2,3)19-13-15-20(16-14-19)28-17-23(27)26-25-22-12-8-7-11-21(22)18-9-5-4-6-10-18/h13-16,18,21H,4-12,17H2,1-3H3,(H,26,27). The molecule has 0 aliphatic heterocycles. The number of rotatable bonds is 5. The van der Waals surface area contributed by atoms with Crippen LogP contribution in [0.4, 0.5) is 0 Å². The van der Waals surface area contributed by atoms with Crippen LogP contribution >= 0.6 is 0 Å². The lowest BCUT2D eigenvalue weighted by Gasteiger charge is -2.33. The molecule has 0 saturated heterocycles. The van der Waals surface area contributed by atoms with Gasteiger partial charge in [-0.3, -0.25) is 4.79 Å². The van der Waals surface area contributed by atoms with E-state index in [1.54, 1.807) is 0 Å². The van der Waals surface area contributed by atoms with Crippen molar-refractivity contribution in [3.05, 3.63) is 29.8 Å². The number of carbonyl (C=O) groups is 1. The fraction of sp³-hybridized carbons (Fsp3) is 0.667. The van der Waals surface area contributed by atoms with Gasteiger partial charge in [-0.2, -0.15) is 5.10 Å². The largest absolute Gasteiger partial charge is 0.484 e. The van der Waals surface area contributed by atoms with Gasteiger partial charge in [0.05, 0.1) is 0 Å². The smallest absolute Gasteiger partial charge is 0.277 e. The molecule has 28 heavy (non-hydrogen) atoms. The normalized spacial score (nSPS) is 22.8. The van der Waals surface area contributed by atoms with Gasteiger partial charge in [0, 0.05) is 11.6 Å². The van der Waals surface area contributed by atoms with E-state index in [1.807, 2.05) is 12.1 Å². The average molecular weight is 385 g/mol. The Morgan fingerprint density at radius 1 is 1.04 bits per heavy atom. The first-order chi connectivity index (χ1) is 13.4. The van der Waals surface area contributed by atoms with Gasteiger partial charge >= 0.3 is 0 Å². The molecule has 1 amide bonds. The number of carbonyl (C=O) groups excluding carboxylic acids is 1. The zero-order valence-corrected chi connectivity index (χ0v) is 17.8. The summed E-state index contributed by atoms with van der Waals surface area (Å²) in [7, 11) is 0. The number of amides is 1. The number of ether oxygens (including phenoxy) is 1. The molecule has 1 unspecified atom stereocenters. The first kappa shape index (κ1) is 20.9. The summed E-state index contributed by atoms with van der Waals surface area (Å²) >= 11 is 0. The number of nitrogens with zero attached hydrogens (tertiary/aromatic N) is 1. The Hall–Kier alpha value is -1.84. The average Bonchev–Trinajstić information content (AvgIpc) is 2.71. The fourth-order valence-corrected chi connectivity index (χ4v) is 4.57. The molecule has 3 rings (SSSR count). The predicted molar refractivity (Wildman–Crippen MR) is 115 cm³/mol. The van der Waals surface area contributed by atoms with Crippen molar-refractivity contribution in [1.29, 1.82) is 0 Å². The van der Waals surface area contributed by atoms with Crippen LogP contribution in [0.5, 0.6) is 5.75 Å². The van der Waals surface area contributed by atoms with Crippen molar-refractivity contribution in [3.63, 3.8) is 0 Å². The van der Waals surface area contributed by atoms with Gasteiger partial charge in [0.15, 0.2) is 6.61 Å². The molecule has 0 spiro atoms. The van der Waals surface area contributed by atoms with Crippen LogP contribution in [0.2, 0.25) is 0 Å². The van der Waals surface area contributed by atoms with Crippen LogP contribution in [-0.4, -0.2) is 18.2 Å². The lowest BCUT2D eigenvalue weighted by Crippen LogP contribution is -2.32. The van der Waals surface area contributed by atoms with Gasteiger partial charge in [-0.05, 0) is 61.1 Å². The summed E-state index contributed by atoms with van der Waals surface area (Å²) in [6.45, 7) is 6.55. The van der Waals surface area contributed by atoms with Gasteiger partial charge in [-0.25, -0.2) is 5.43 Å². The number of hydrazone groups is 1. The molecular weight excluding hydrogens is 348 g/mol. The van der Waals surface area contributed by atoms with E-state index in [4.69, 9.17) is 4.74 Å². The third kappa shape index (κ3) is 5.83. The maximum absolute atomic E-state index is 12.2. The molecule has 2 aliphatic rings. The maximum Gasteiger partial charge on any atom is 0.277 e. The highest BCUT2D eigenvalue weighted by molar-refractivity contribution is 5.89. The third-order valence-electron chi connectivity index (χ3n) is 6.26. The highest BCUT2D eigenvalue weighted by Crippen LogP contribution is 2.36. The van der Waals surface area contributed by atoms with Crippen molar-refractivity contribution in [2.45, 2.75) is 84.0 Å². The van der Waals surface area contributed by atoms with Crippen LogP contribution in [0.3, 0.4) is 0 Å². The van der Waals surface area contributed by atoms with Crippen molar-refractivity contribution in [1.82, 2.24) is 5.43 Å². The Morgan fingerprint density at radius 3 is 2.39 bits per heavy atom. The van der Waals surface area contributed by atoms with E-state index < -0.39 is 0 Å². The Labute approximate surface area is 170 Å². The van der Waals surface area contributed by atoms with E-state index in [9.17, 15) is 4.79 Å². The molecule has 1 atom stereocenters. The Balaban J connectivity index is 1.50. The van der Waals surface area contributed by atoms with Gasteiger partial charge < -0.3 is 4.74 Å². The second-order valence-corrected chi connectivity index (χ2v) is 9.45. The summed E-state index contributed by atoms with van der Waals surface area (Å²) in [6, 6.07) is 7.98. The number of hydrogen-bond acceptors (Lipinski definition) is 3. The first-order valence-corrected chi connectivity index (χ1v) is 11.0. The first-order valence-electron chi connectivity index (χ1n) is 11.0. The van der Waals surface area contributed by atoms with E-state index in [1.165, 1.54) is 62.6 Å². The summed E-state index contributed by atoms with van der Waals surface area (Å²) in [5.74, 6) is 1.87. The van der Waals surface area contributed by atoms with Gasteiger partial charge in [-0.15, -0.1) is 0 Å². The van der Waals surface area contributed by atoms with Crippen molar-refractivity contribution in [3.8, 4) is 5.75 Å². The molecule has 4 nitrogen and oxygen atoms in total. The zero-order valence-electron chi connectivity index (χ0n) is 17.8. The minimum atomic E-state index is -0.180. The quantitative estimate of drug-likeness (QED) is 0.671. The van der Waals surface area contributed by atoms with Crippen LogP contribution in [0, 0.1) is 11.8 Å². The Bertz CT molecular complexity index is 667. The molecule has 4 heteroatoms. The highest BCUT2D eigenvalue weighted by Gasteiger charge is 2.29. The number of nitrogens with one attached hydrogen (secondary N) is 1. The third-order valence-corrected chi connectivity index (χ3v) is 6.26. The summed E-state index contributed by atoms with van der Waals surface area (Å²) < 4.78 is 5.64. The molecule has 2 saturated carbocycles. The summed E-state index contributed by atoms with van der Waals surface area (Å²) in [4.78, 5) is 12.2. The Kier molecular flexibility index (Phi) is 7.14. The van der Waals surface area contributed by atoms with E-state index >= 15 is 0 Å². The monoisotopic (exact) mass is 384 g/mol. The zero-order chi connectivity index (χ0) is 20.0. The number of benzene rings is 1. The van der Waals surface area contributed by atoms with E-state index in [-0.39, 0.29) is 17.9 Å². The highest BCUT2D eigenvalue weighted by atomic mass is 16.5.